The molecule has 0 N–H and O–H groups in total. The lowest BCUT2D eigenvalue weighted by molar-refractivity contribution is -0.153. The van der Waals surface area contributed by atoms with Crippen LogP contribution in [0.3, 0.4) is 0 Å². The number of hydrogen-bond acceptors (Lipinski definition) is 5. The molecule has 2 heterocycles. The highest BCUT2D eigenvalue weighted by molar-refractivity contribution is 5.85. The summed E-state index contributed by atoms with van der Waals surface area (Å²) in [5, 5.41) is 4.69. The van der Waals surface area contributed by atoms with Gasteiger partial charge in [0, 0.05) is 18.0 Å². The Balaban J connectivity index is 1.54. The number of esters is 1. The van der Waals surface area contributed by atoms with Crippen molar-refractivity contribution in [3.63, 3.8) is 0 Å². The molecule has 0 spiro atoms. The number of piperidine rings is 1. The van der Waals surface area contributed by atoms with E-state index in [2.05, 4.69) is 5.16 Å². The molecule has 2 aromatic rings. The average Bonchev–Trinajstić information content (AvgIpc) is 2.96. The minimum Gasteiger partial charge on any atom is -0.455 e. The second kappa shape index (κ2) is 6.81. The summed E-state index contributed by atoms with van der Waals surface area (Å²) < 4.78 is 10.3. The number of ether oxygens (including phenoxy) is 1. The topological polar surface area (TPSA) is 72.6 Å². The van der Waals surface area contributed by atoms with Crippen molar-refractivity contribution >= 4 is 22.8 Å². The Hall–Kier alpha value is -2.37. The average molecular weight is 316 g/mol. The van der Waals surface area contributed by atoms with Crippen molar-refractivity contribution in [3.8, 4) is 0 Å². The summed E-state index contributed by atoms with van der Waals surface area (Å²) in [7, 11) is 0. The standard InChI is InChI=1S/C17H20N2O4/c1-12-6-4-5-9-19(12)16(20)11-22-17(21)10-14-13-7-2-3-8-15(13)23-18-14/h2-3,7-8,12H,4-6,9-11H2,1H3/t12-/m1/s1. The van der Waals surface area contributed by atoms with Gasteiger partial charge in [0.25, 0.3) is 5.91 Å². The summed E-state index contributed by atoms with van der Waals surface area (Å²) in [5.41, 5.74) is 1.16. The fourth-order valence-electron chi connectivity index (χ4n) is 2.95. The molecule has 1 aliphatic heterocycles. The number of carbonyl (C=O) groups is 2. The van der Waals surface area contributed by atoms with E-state index in [4.69, 9.17) is 9.26 Å². The van der Waals surface area contributed by atoms with Crippen LogP contribution in [0.4, 0.5) is 0 Å². The molecular weight excluding hydrogens is 296 g/mol. The number of carbonyl (C=O) groups excluding carboxylic acids is 2. The minimum atomic E-state index is -0.470. The SMILES string of the molecule is C[C@@H]1CCCCN1C(=O)COC(=O)Cc1noc2ccccc12. The van der Waals surface area contributed by atoms with Gasteiger partial charge in [-0.1, -0.05) is 17.3 Å². The molecule has 1 aromatic carbocycles. The van der Waals surface area contributed by atoms with Gasteiger partial charge in [-0.2, -0.15) is 0 Å². The second-order valence-electron chi connectivity index (χ2n) is 5.89. The van der Waals surface area contributed by atoms with Crippen molar-refractivity contribution in [2.24, 2.45) is 0 Å². The maximum Gasteiger partial charge on any atom is 0.312 e. The monoisotopic (exact) mass is 316 g/mol. The van der Waals surface area contributed by atoms with Crippen molar-refractivity contribution in [2.45, 2.75) is 38.6 Å². The van der Waals surface area contributed by atoms with Crippen LogP contribution in [0.25, 0.3) is 11.0 Å². The van der Waals surface area contributed by atoms with Crippen LogP contribution in [0.1, 0.15) is 31.9 Å². The minimum absolute atomic E-state index is 0.000152. The number of hydrogen-bond donors (Lipinski definition) is 0. The number of benzene rings is 1. The van der Waals surface area contributed by atoms with Gasteiger partial charge < -0.3 is 14.2 Å². The molecule has 6 heteroatoms. The summed E-state index contributed by atoms with van der Waals surface area (Å²) >= 11 is 0. The van der Waals surface area contributed by atoms with E-state index in [0.717, 1.165) is 31.2 Å². The lowest BCUT2D eigenvalue weighted by Gasteiger charge is -2.33. The molecule has 122 valence electrons. The quantitative estimate of drug-likeness (QED) is 0.809. The molecule has 1 atom stereocenters. The van der Waals surface area contributed by atoms with Crippen molar-refractivity contribution < 1.29 is 18.8 Å². The van der Waals surface area contributed by atoms with E-state index in [-0.39, 0.29) is 25.0 Å². The zero-order valence-electron chi connectivity index (χ0n) is 13.2. The predicted octanol–water partition coefficient (Wildman–Crippen LogP) is 2.31. The molecule has 0 radical (unpaired) electrons. The Morgan fingerprint density at radius 1 is 1.35 bits per heavy atom. The maximum absolute atomic E-state index is 12.1. The number of nitrogens with zero attached hydrogens (tertiary/aromatic N) is 2. The van der Waals surface area contributed by atoms with Gasteiger partial charge in [0.15, 0.2) is 12.2 Å². The predicted molar refractivity (Wildman–Crippen MR) is 83.7 cm³/mol. The summed E-state index contributed by atoms with van der Waals surface area (Å²) in [6.45, 7) is 2.56. The van der Waals surface area contributed by atoms with Gasteiger partial charge in [0.2, 0.25) is 0 Å². The van der Waals surface area contributed by atoms with Gasteiger partial charge in [-0.3, -0.25) is 9.59 Å². The van der Waals surface area contributed by atoms with Crippen LogP contribution in [0.2, 0.25) is 0 Å². The molecule has 0 bridgehead atoms. The Bertz CT molecular complexity index is 709. The van der Waals surface area contributed by atoms with Gasteiger partial charge in [-0.25, -0.2) is 0 Å². The fraction of sp³-hybridized carbons (Fsp3) is 0.471. The lowest BCUT2D eigenvalue weighted by Crippen LogP contribution is -2.44. The van der Waals surface area contributed by atoms with E-state index in [0.29, 0.717) is 11.3 Å². The summed E-state index contributed by atoms with van der Waals surface area (Å²) in [6.07, 6.45) is 3.16. The van der Waals surface area contributed by atoms with Gasteiger partial charge in [-0.05, 0) is 38.3 Å². The van der Waals surface area contributed by atoms with Crippen LogP contribution in [-0.2, 0) is 20.7 Å². The molecule has 0 aliphatic carbocycles. The fourth-order valence-corrected chi connectivity index (χ4v) is 2.95. The molecule has 6 nitrogen and oxygen atoms in total. The van der Waals surface area contributed by atoms with E-state index in [1.165, 1.54) is 0 Å². The zero-order valence-corrected chi connectivity index (χ0v) is 13.2. The third-order valence-corrected chi connectivity index (χ3v) is 4.24. The molecule has 0 saturated carbocycles. The lowest BCUT2D eigenvalue weighted by atomic mass is 10.0. The van der Waals surface area contributed by atoms with E-state index in [1.54, 1.807) is 11.0 Å². The van der Waals surface area contributed by atoms with E-state index in [1.807, 2.05) is 25.1 Å². The van der Waals surface area contributed by atoms with Crippen LogP contribution in [-0.4, -0.2) is 41.1 Å². The first-order valence-corrected chi connectivity index (χ1v) is 7.93. The Kier molecular flexibility index (Phi) is 4.60. The van der Waals surface area contributed by atoms with Gasteiger partial charge in [-0.15, -0.1) is 0 Å². The first kappa shape index (κ1) is 15.5. The van der Waals surface area contributed by atoms with Gasteiger partial charge in [0.1, 0.15) is 5.69 Å². The molecule has 0 unspecified atom stereocenters. The van der Waals surface area contributed by atoms with Gasteiger partial charge >= 0.3 is 5.97 Å². The molecule has 1 saturated heterocycles. The molecule has 1 amide bonds. The van der Waals surface area contributed by atoms with Crippen LogP contribution in [0.5, 0.6) is 0 Å². The van der Waals surface area contributed by atoms with E-state index >= 15 is 0 Å². The number of aromatic nitrogens is 1. The number of amides is 1. The number of para-hydroxylation sites is 1. The first-order chi connectivity index (χ1) is 11.1. The molecule has 1 fully saturated rings. The Labute approximate surface area is 134 Å². The third kappa shape index (κ3) is 3.52. The Morgan fingerprint density at radius 3 is 3.00 bits per heavy atom. The van der Waals surface area contributed by atoms with Crippen molar-refractivity contribution in [3.05, 3.63) is 30.0 Å². The zero-order chi connectivity index (χ0) is 16.2. The largest absolute Gasteiger partial charge is 0.455 e. The Morgan fingerprint density at radius 2 is 2.17 bits per heavy atom. The van der Waals surface area contributed by atoms with E-state index < -0.39 is 5.97 Å². The van der Waals surface area contributed by atoms with Crippen LogP contribution < -0.4 is 0 Å². The van der Waals surface area contributed by atoms with Gasteiger partial charge in [0.05, 0.1) is 6.42 Å². The molecule has 1 aliphatic rings. The smallest absolute Gasteiger partial charge is 0.312 e. The highest BCUT2D eigenvalue weighted by Gasteiger charge is 2.24. The first-order valence-electron chi connectivity index (χ1n) is 7.93. The number of rotatable bonds is 4. The van der Waals surface area contributed by atoms with E-state index in [9.17, 15) is 9.59 Å². The maximum atomic E-state index is 12.1. The second-order valence-corrected chi connectivity index (χ2v) is 5.89. The highest BCUT2D eigenvalue weighted by Crippen LogP contribution is 2.19. The molecule has 3 rings (SSSR count). The van der Waals surface area contributed by atoms with Crippen LogP contribution in [0, 0.1) is 0 Å². The molecule has 23 heavy (non-hydrogen) atoms. The van der Waals surface area contributed by atoms with Crippen LogP contribution >= 0.6 is 0 Å². The molecular formula is C17H20N2O4. The van der Waals surface area contributed by atoms with Crippen molar-refractivity contribution in [1.82, 2.24) is 10.1 Å². The third-order valence-electron chi connectivity index (χ3n) is 4.24. The normalized spacial score (nSPS) is 18.1. The highest BCUT2D eigenvalue weighted by atomic mass is 16.5. The number of likely N-dealkylation sites (tertiary alicyclic amines) is 1. The van der Waals surface area contributed by atoms with Crippen LogP contribution in [0.15, 0.2) is 28.8 Å². The summed E-state index contributed by atoms with van der Waals surface area (Å²) in [4.78, 5) is 25.9. The molecule has 1 aromatic heterocycles. The summed E-state index contributed by atoms with van der Waals surface area (Å²) in [6, 6.07) is 7.55. The summed E-state index contributed by atoms with van der Waals surface area (Å²) in [5.74, 6) is -0.599. The van der Waals surface area contributed by atoms with Crippen molar-refractivity contribution in [1.29, 1.82) is 0 Å². The number of fused-ring (bicyclic) bond motifs is 1. The van der Waals surface area contributed by atoms with Crippen molar-refractivity contribution in [2.75, 3.05) is 13.2 Å².